The van der Waals surface area contributed by atoms with Crippen LogP contribution in [-0.4, -0.2) is 43.4 Å². The van der Waals surface area contributed by atoms with Gasteiger partial charge in [0.05, 0.1) is 0 Å². The van der Waals surface area contributed by atoms with E-state index in [9.17, 15) is 9.59 Å². The van der Waals surface area contributed by atoms with E-state index in [2.05, 4.69) is 5.32 Å². The maximum absolute atomic E-state index is 12.0. The molecule has 23 heavy (non-hydrogen) atoms. The van der Waals surface area contributed by atoms with Crippen LogP contribution in [0.1, 0.15) is 35.2 Å². The topological polar surface area (TPSA) is 75.4 Å². The largest absolute Gasteiger partial charge is 0.356 e. The van der Waals surface area contributed by atoms with Crippen molar-refractivity contribution in [3.63, 3.8) is 0 Å². The van der Waals surface area contributed by atoms with Gasteiger partial charge >= 0.3 is 0 Å². The van der Waals surface area contributed by atoms with Crippen molar-refractivity contribution in [3.8, 4) is 0 Å². The third-order valence-electron chi connectivity index (χ3n) is 4.14. The highest BCUT2D eigenvalue weighted by Gasteiger charge is 2.27. The summed E-state index contributed by atoms with van der Waals surface area (Å²) < 4.78 is 0. The normalized spacial score (nSPS) is 19.8. The van der Waals surface area contributed by atoms with E-state index in [0.717, 1.165) is 31.2 Å². The molecule has 0 spiro atoms. The Kier molecular flexibility index (Phi) is 7.52. The molecule has 1 aromatic rings. The maximum Gasteiger partial charge on any atom is 0.253 e. The van der Waals surface area contributed by atoms with Crippen molar-refractivity contribution in [2.75, 3.05) is 20.6 Å². The summed E-state index contributed by atoms with van der Waals surface area (Å²) in [5.74, 6) is 0.163. The van der Waals surface area contributed by atoms with Gasteiger partial charge in [0.1, 0.15) is 0 Å². The smallest absolute Gasteiger partial charge is 0.253 e. The molecule has 0 heterocycles. The van der Waals surface area contributed by atoms with E-state index in [0.29, 0.717) is 12.1 Å². The van der Waals surface area contributed by atoms with Gasteiger partial charge in [0, 0.05) is 38.2 Å². The van der Waals surface area contributed by atoms with Crippen LogP contribution in [0.25, 0.3) is 0 Å². The fraction of sp³-hybridized carbons (Fsp3) is 0.529. The quantitative estimate of drug-likeness (QED) is 0.855. The van der Waals surface area contributed by atoms with Crippen LogP contribution in [0.5, 0.6) is 0 Å². The van der Waals surface area contributed by atoms with Crippen molar-refractivity contribution < 1.29 is 9.59 Å². The van der Waals surface area contributed by atoms with Crippen LogP contribution >= 0.6 is 12.4 Å². The van der Waals surface area contributed by atoms with Gasteiger partial charge in [0.2, 0.25) is 5.91 Å². The lowest BCUT2D eigenvalue weighted by molar-refractivity contribution is -0.124. The molecule has 1 aromatic carbocycles. The van der Waals surface area contributed by atoms with E-state index in [4.69, 9.17) is 5.73 Å². The molecule has 128 valence electrons. The van der Waals surface area contributed by atoms with Gasteiger partial charge < -0.3 is 16.0 Å². The van der Waals surface area contributed by atoms with Crippen molar-refractivity contribution in [1.29, 1.82) is 0 Å². The number of hydrogen-bond donors (Lipinski definition) is 2. The first-order chi connectivity index (χ1) is 10.5. The van der Waals surface area contributed by atoms with Gasteiger partial charge in [-0.05, 0) is 43.4 Å². The third kappa shape index (κ3) is 5.52. The Morgan fingerprint density at radius 1 is 1.30 bits per heavy atom. The standard InChI is InChI=1S/C17H25N3O2.ClH/c1-20(2)17(22)14-5-3-4-12(10-14)8-9-19-16(21)13-6-7-15(18)11-13;/h3-5,10,13,15H,6-9,11,18H2,1-2H3,(H,19,21);1H. The Hall–Kier alpha value is -1.59. The van der Waals surface area contributed by atoms with Gasteiger partial charge in [-0.15, -0.1) is 12.4 Å². The zero-order valence-corrected chi connectivity index (χ0v) is 14.6. The molecule has 2 rings (SSSR count). The number of rotatable bonds is 5. The summed E-state index contributed by atoms with van der Waals surface area (Å²) in [6, 6.07) is 7.72. The van der Waals surface area contributed by atoms with Crippen LogP contribution in [0.2, 0.25) is 0 Å². The second-order valence-corrected chi connectivity index (χ2v) is 6.21. The molecule has 1 saturated carbocycles. The monoisotopic (exact) mass is 339 g/mol. The Morgan fingerprint density at radius 3 is 2.65 bits per heavy atom. The summed E-state index contributed by atoms with van der Waals surface area (Å²) >= 11 is 0. The van der Waals surface area contributed by atoms with Crippen LogP contribution in [-0.2, 0) is 11.2 Å². The highest BCUT2D eigenvalue weighted by molar-refractivity contribution is 5.94. The summed E-state index contributed by atoms with van der Waals surface area (Å²) in [7, 11) is 3.48. The number of nitrogens with two attached hydrogens (primary N) is 1. The zero-order valence-electron chi connectivity index (χ0n) is 13.7. The molecule has 2 amide bonds. The second kappa shape index (κ2) is 8.89. The lowest BCUT2D eigenvalue weighted by atomic mass is 10.1. The van der Waals surface area contributed by atoms with Crippen molar-refractivity contribution in [2.24, 2.45) is 11.7 Å². The molecule has 0 saturated heterocycles. The SMILES string of the molecule is CN(C)C(=O)c1cccc(CCNC(=O)C2CCC(N)C2)c1.Cl. The van der Waals surface area contributed by atoms with Crippen molar-refractivity contribution in [1.82, 2.24) is 10.2 Å². The van der Waals surface area contributed by atoms with Gasteiger partial charge in [-0.1, -0.05) is 12.1 Å². The zero-order chi connectivity index (χ0) is 16.1. The molecule has 2 unspecified atom stereocenters. The molecule has 3 N–H and O–H groups in total. The predicted molar refractivity (Wildman–Crippen MR) is 93.7 cm³/mol. The highest BCUT2D eigenvalue weighted by Crippen LogP contribution is 2.23. The molecule has 5 nitrogen and oxygen atoms in total. The van der Waals surface area contributed by atoms with Gasteiger partial charge in [0.15, 0.2) is 0 Å². The minimum atomic E-state index is -0.00849. The van der Waals surface area contributed by atoms with Gasteiger partial charge in [0.25, 0.3) is 5.91 Å². The van der Waals surface area contributed by atoms with Crippen molar-refractivity contribution in [2.45, 2.75) is 31.7 Å². The summed E-state index contributed by atoms with van der Waals surface area (Å²) in [6.45, 7) is 0.587. The summed E-state index contributed by atoms with van der Waals surface area (Å²) in [6.07, 6.45) is 3.34. The van der Waals surface area contributed by atoms with Crippen LogP contribution in [0.3, 0.4) is 0 Å². The van der Waals surface area contributed by atoms with E-state index >= 15 is 0 Å². The molecule has 0 aliphatic heterocycles. The first-order valence-corrected chi connectivity index (χ1v) is 7.81. The number of carbonyl (C=O) groups is 2. The van der Waals surface area contributed by atoms with Crippen molar-refractivity contribution in [3.05, 3.63) is 35.4 Å². The van der Waals surface area contributed by atoms with Gasteiger partial charge in [-0.3, -0.25) is 9.59 Å². The number of hydrogen-bond acceptors (Lipinski definition) is 3. The van der Waals surface area contributed by atoms with E-state index in [1.807, 2.05) is 24.3 Å². The van der Waals surface area contributed by atoms with Gasteiger partial charge in [-0.25, -0.2) is 0 Å². The summed E-state index contributed by atoms with van der Waals surface area (Å²) in [5, 5.41) is 2.98. The molecule has 2 atom stereocenters. The van der Waals surface area contributed by atoms with E-state index in [-0.39, 0.29) is 36.2 Å². The van der Waals surface area contributed by atoms with Crippen LogP contribution in [0.15, 0.2) is 24.3 Å². The molecular formula is C17H26ClN3O2. The number of amides is 2. The lowest BCUT2D eigenvalue weighted by Gasteiger charge is -2.12. The summed E-state index contributed by atoms with van der Waals surface area (Å²) in [5.41, 5.74) is 7.56. The predicted octanol–water partition coefficient (Wildman–Crippen LogP) is 1.60. The minimum Gasteiger partial charge on any atom is -0.356 e. The average molecular weight is 340 g/mol. The Bertz CT molecular complexity index is 548. The van der Waals surface area contributed by atoms with Crippen LogP contribution in [0, 0.1) is 5.92 Å². The highest BCUT2D eigenvalue weighted by atomic mass is 35.5. The Balaban J connectivity index is 0.00000264. The number of nitrogens with zero attached hydrogens (tertiary/aromatic N) is 1. The fourth-order valence-corrected chi connectivity index (χ4v) is 2.85. The van der Waals surface area contributed by atoms with Crippen LogP contribution in [0.4, 0.5) is 0 Å². The number of benzene rings is 1. The number of halogens is 1. The third-order valence-corrected chi connectivity index (χ3v) is 4.14. The molecule has 0 bridgehead atoms. The first-order valence-electron chi connectivity index (χ1n) is 7.81. The molecule has 0 radical (unpaired) electrons. The second-order valence-electron chi connectivity index (χ2n) is 6.21. The Morgan fingerprint density at radius 2 is 2.04 bits per heavy atom. The van der Waals surface area contributed by atoms with E-state index in [1.54, 1.807) is 19.0 Å². The van der Waals surface area contributed by atoms with E-state index < -0.39 is 0 Å². The molecule has 1 aliphatic rings. The van der Waals surface area contributed by atoms with Crippen LogP contribution < -0.4 is 11.1 Å². The maximum atomic E-state index is 12.0. The molecular weight excluding hydrogens is 314 g/mol. The number of nitrogens with one attached hydrogen (secondary N) is 1. The fourth-order valence-electron chi connectivity index (χ4n) is 2.85. The molecule has 0 aromatic heterocycles. The first kappa shape index (κ1) is 19.5. The molecule has 1 fully saturated rings. The lowest BCUT2D eigenvalue weighted by Crippen LogP contribution is -2.32. The minimum absolute atomic E-state index is 0. The Labute approximate surface area is 144 Å². The molecule has 6 heteroatoms. The summed E-state index contributed by atoms with van der Waals surface area (Å²) in [4.78, 5) is 25.5. The number of carbonyl (C=O) groups excluding carboxylic acids is 2. The van der Waals surface area contributed by atoms with Gasteiger partial charge in [-0.2, -0.15) is 0 Å². The van der Waals surface area contributed by atoms with E-state index in [1.165, 1.54) is 0 Å². The van der Waals surface area contributed by atoms with Crippen molar-refractivity contribution >= 4 is 24.2 Å². The molecule has 1 aliphatic carbocycles. The average Bonchev–Trinajstić information content (AvgIpc) is 2.93.